The fourth-order valence-electron chi connectivity index (χ4n) is 1.93. The first kappa shape index (κ1) is 15.0. The molecule has 1 atom stereocenters. The Balaban J connectivity index is 2.01. The van der Waals surface area contributed by atoms with Crippen LogP contribution in [0.25, 0.3) is 0 Å². The molecule has 0 saturated heterocycles. The zero-order valence-corrected chi connectivity index (χ0v) is 12.9. The maximum absolute atomic E-state index is 13.1. The van der Waals surface area contributed by atoms with Crippen molar-refractivity contribution >= 4 is 15.9 Å². The standard InChI is InChI=1S/C16H17BrFNO/c1-11(19)7-12-3-2-4-14(8-12)20-10-13-5-6-16(18)15(17)9-13/h2-6,8-9,11H,7,10,19H2,1H3. The average Bonchev–Trinajstić information content (AvgIpc) is 2.40. The van der Waals surface area contributed by atoms with Crippen LogP contribution in [0, 0.1) is 5.82 Å². The summed E-state index contributed by atoms with van der Waals surface area (Å²) in [5, 5.41) is 0. The van der Waals surface area contributed by atoms with Gasteiger partial charge in [0.2, 0.25) is 0 Å². The summed E-state index contributed by atoms with van der Waals surface area (Å²) >= 11 is 3.17. The summed E-state index contributed by atoms with van der Waals surface area (Å²) in [5.74, 6) is 0.524. The smallest absolute Gasteiger partial charge is 0.137 e. The van der Waals surface area contributed by atoms with E-state index in [1.165, 1.54) is 6.07 Å². The first-order valence-corrected chi connectivity index (χ1v) is 7.25. The Hall–Kier alpha value is -1.39. The Bertz CT molecular complexity index is 586. The number of hydrogen-bond acceptors (Lipinski definition) is 2. The number of halogens is 2. The monoisotopic (exact) mass is 337 g/mol. The van der Waals surface area contributed by atoms with Gasteiger partial charge in [0.25, 0.3) is 0 Å². The molecule has 0 aromatic heterocycles. The molecular formula is C16H17BrFNO. The predicted molar refractivity (Wildman–Crippen MR) is 82.2 cm³/mol. The van der Waals surface area contributed by atoms with Crippen molar-refractivity contribution in [3.05, 3.63) is 63.9 Å². The molecule has 0 aliphatic carbocycles. The molecule has 0 aliphatic rings. The first-order chi connectivity index (χ1) is 9.54. The van der Waals surface area contributed by atoms with Gasteiger partial charge in [0.1, 0.15) is 18.2 Å². The van der Waals surface area contributed by atoms with Crippen LogP contribution in [-0.2, 0) is 13.0 Å². The van der Waals surface area contributed by atoms with Crippen molar-refractivity contribution in [2.75, 3.05) is 0 Å². The minimum atomic E-state index is -0.271. The minimum absolute atomic E-state index is 0.123. The van der Waals surface area contributed by atoms with Gasteiger partial charge in [0, 0.05) is 6.04 Å². The van der Waals surface area contributed by atoms with E-state index < -0.39 is 0 Å². The maximum Gasteiger partial charge on any atom is 0.137 e. The molecule has 106 valence electrons. The summed E-state index contributed by atoms with van der Waals surface area (Å²) in [5.41, 5.74) is 7.85. The highest BCUT2D eigenvalue weighted by Gasteiger charge is 2.03. The molecule has 2 aromatic carbocycles. The molecule has 0 aliphatic heterocycles. The van der Waals surface area contributed by atoms with Gasteiger partial charge in [0.15, 0.2) is 0 Å². The van der Waals surface area contributed by atoms with Crippen LogP contribution in [0.2, 0.25) is 0 Å². The lowest BCUT2D eigenvalue weighted by molar-refractivity contribution is 0.305. The van der Waals surface area contributed by atoms with E-state index in [0.29, 0.717) is 11.1 Å². The maximum atomic E-state index is 13.1. The Morgan fingerprint density at radius 1 is 1.20 bits per heavy atom. The second-order valence-corrected chi connectivity index (χ2v) is 5.72. The van der Waals surface area contributed by atoms with E-state index in [4.69, 9.17) is 10.5 Å². The van der Waals surface area contributed by atoms with Crippen LogP contribution in [-0.4, -0.2) is 6.04 Å². The second kappa shape index (κ2) is 6.86. The summed E-state index contributed by atoms with van der Waals surface area (Å²) < 4.78 is 19.3. The quantitative estimate of drug-likeness (QED) is 0.892. The van der Waals surface area contributed by atoms with Crippen LogP contribution in [0.4, 0.5) is 4.39 Å². The molecule has 20 heavy (non-hydrogen) atoms. The lowest BCUT2D eigenvalue weighted by atomic mass is 10.1. The lowest BCUT2D eigenvalue weighted by Crippen LogP contribution is -2.17. The van der Waals surface area contributed by atoms with E-state index in [0.717, 1.165) is 23.3 Å². The second-order valence-electron chi connectivity index (χ2n) is 4.87. The Morgan fingerprint density at radius 3 is 2.70 bits per heavy atom. The third-order valence-corrected chi connectivity index (χ3v) is 3.45. The molecular weight excluding hydrogens is 321 g/mol. The highest BCUT2D eigenvalue weighted by molar-refractivity contribution is 9.10. The van der Waals surface area contributed by atoms with E-state index in [-0.39, 0.29) is 11.9 Å². The van der Waals surface area contributed by atoms with Gasteiger partial charge in [-0.15, -0.1) is 0 Å². The fraction of sp³-hybridized carbons (Fsp3) is 0.250. The van der Waals surface area contributed by atoms with Crippen molar-refractivity contribution in [1.29, 1.82) is 0 Å². The van der Waals surface area contributed by atoms with Gasteiger partial charge < -0.3 is 10.5 Å². The molecule has 0 radical (unpaired) electrons. The molecule has 0 fully saturated rings. The molecule has 2 N–H and O–H groups in total. The van der Waals surface area contributed by atoms with Gasteiger partial charge in [-0.2, -0.15) is 0 Å². The summed E-state index contributed by atoms with van der Waals surface area (Å²) in [6.07, 6.45) is 0.819. The van der Waals surface area contributed by atoms with Crippen molar-refractivity contribution in [1.82, 2.24) is 0 Å². The third kappa shape index (κ3) is 4.32. The molecule has 1 unspecified atom stereocenters. The van der Waals surface area contributed by atoms with Gasteiger partial charge in [-0.3, -0.25) is 0 Å². The third-order valence-electron chi connectivity index (χ3n) is 2.85. The number of hydrogen-bond donors (Lipinski definition) is 1. The van der Waals surface area contributed by atoms with Crippen LogP contribution < -0.4 is 10.5 Å². The van der Waals surface area contributed by atoms with Crippen LogP contribution in [0.5, 0.6) is 5.75 Å². The number of benzene rings is 2. The highest BCUT2D eigenvalue weighted by Crippen LogP contribution is 2.19. The molecule has 2 rings (SSSR count). The summed E-state index contributed by atoms with van der Waals surface area (Å²) in [6, 6.07) is 12.9. The van der Waals surface area contributed by atoms with Gasteiger partial charge in [-0.25, -0.2) is 4.39 Å². The topological polar surface area (TPSA) is 35.2 Å². The molecule has 0 spiro atoms. The van der Waals surface area contributed by atoms with Crippen LogP contribution >= 0.6 is 15.9 Å². The van der Waals surface area contributed by atoms with E-state index in [9.17, 15) is 4.39 Å². The summed E-state index contributed by atoms with van der Waals surface area (Å²) in [4.78, 5) is 0. The number of rotatable bonds is 5. The molecule has 2 nitrogen and oxygen atoms in total. The molecule has 0 saturated carbocycles. The van der Waals surface area contributed by atoms with E-state index in [1.807, 2.05) is 31.2 Å². The Labute approximate surface area is 126 Å². The predicted octanol–water partition coefficient (Wildman–Crippen LogP) is 4.06. The van der Waals surface area contributed by atoms with Crippen LogP contribution in [0.15, 0.2) is 46.9 Å². The molecule has 0 amide bonds. The largest absolute Gasteiger partial charge is 0.489 e. The van der Waals surface area contributed by atoms with Crippen molar-refractivity contribution in [2.24, 2.45) is 5.73 Å². The average molecular weight is 338 g/mol. The molecule has 0 heterocycles. The van der Waals surface area contributed by atoms with Crippen molar-refractivity contribution in [3.63, 3.8) is 0 Å². The lowest BCUT2D eigenvalue weighted by Gasteiger charge is -2.10. The van der Waals surface area contributed by atoms with Gasteiger partial charge in [0.05, 0.1) is 4.47 Å². The van der Waals surface area contributed by atoms with Gasteiger partial charge >= 0.3 is 0 Å². The van der Waals surface area contributed by atoms with Crippen molar-refractivity contribution in [2.45, 2.75) is 26.0 Å². The highest BCUT2D eigenvalue weighted by atomic mass is 79.9. The van der Waals surface area contributed by atoms with Crippen LogP contribution in [0.1, 0.15) is 18.1 Å². The normalized spacial score (nSPS) is 12.2. The first-order valence-electron chi connectivity index (χ1n) is 6.46. The Kier molecular flexibility index (Phi) is 5.15. The fourth-order valence-corrected chi connectivity index (χ4v) is 2.36. The number of nitrogens with two attached hydrogens (primary N) is 1. The summed E-state index contributed by atoms with van der Waals surface area (Å²) in [6.45, 7) is 2.38. The van der Waals surface area contributed by atoms with Gasteiger partial charge in [-0.05, 0) is 64.7 Å². The molecule has 0 bridgehead atoms. The molecule has 4 heteroatoms. The van der Waals surface area contributed by atoms with E-state index >= 15 is 0 Å². The molecule has 2 aromatic rings. The van der Waals surface area contributed by atoms with Crippen molar-refractivity contribution in [3.8, 4) is 5.75 Å². The van der Waals surface area contributed by atoms with Gasteiger partial charge in [-0.1, -0.05) is 18.2 Å². The SMILES string of the molecule is CC(N)Cc1cccc(OCc2ccc(F)c(Br)c2)c1. The van der Waals surface area contributed by atoms with E-state index in [2.05, 4.69) is 15.9 Å². The number of ether oxygens (including phenoxy) is 1. The van der Waals surface area contributed by atoms with Crippen LogP contribution in [0.3, 0.4) is 0 Å². The van der Waals surface area contributed by atoms with Crippen molar-refractivity contribution < 1.29 is 9.13 Å². The zero-order chi connectivity index (χ0) is 14.5. The zero-order valence-electron chi connectivity index (χ0n) is 11.3. The minimum Gasteiger partial charge on any atom is -0.489 e. The summed E-state index contributed by atoms with van der Waals surface area (Å²) in [7, 11) is 0. The Morgan fingerprint density at radius 2 is 2.00 bits per heavy atom. The van der Waals surface area contributed by atoms with E-state index in [1.54, 1.807) is 12.1 Å².